The molecule has 0 aromatic carbocycles. The van der Waals surface area contributed by atoms with E-state index in [0.717, 1.165) is 12.5 Å². The smallest absolute Gasteiger partial charge is 0.185 e. The fourth-order valence-electron chi connectivity index (χ4n) is 2.22. The Morgan fingerprint density at radius 3 is 2.40 bits per heavy atom. The van der Waals surface area contributed by atoms with Gasteiger partial charge in [-0.2, -0.15) is 0 Å². The lowest BCUT2D eigenvalue weighted by Gasteiger charge is -2.27. The summed E-state index contributed by atoms with van der Waals surface area (Å²) < 4.78 is 0. The molecule has 1 unspecified atom stereocenters. The number of hydrogen-bond acceptors (Lipinski definition) is 4. The van der Waals surface area contributed by atoms with Gasteiger partial charge in [0.2, 0.25) is 0 Å². The van der Waals surface area contributed by atoms with Gasteiger partial charge in [-0.3, -0.25) is 0 Å². The molecule has 0 saturated heterocycles. The average Bonchev–Trinajstić information content (AvgIpc) is 3.14. The number of nitrogens with zero attached hydrogens (tertiary/aromatic N) is 2. The fraction of sp³-hybridized carbons (Fsp3) is 0.812. The van der Waals surface area contributed by atoms with Crippen LogP contribution in [0, 0.1) is 5.92 Å². The third-order valence-corrected chi connectivity index (χ3v) is 5.39. The van der Waals surface area contributed by atoms with Crippen LogP contribution in [-0.4, -0.2) is 24.1 Å². The van der Waals surface area contributed by atoms with E-state index >= 15 is 0 Å². The van der Waals surface area contributed by atoms with E-state index in [0.29, 0.717) is 18.0 Å². The Labute approximate surface area is 127 Å². The normalized spacial score (nSPS) is 17.0. The lowest BCUT2D eigenvalue weighted by Crippen LogP contribution is -2.33. The minimum atomic E-state index is 0.527. The zero-order chi connectivity index (χ0) is 14.9. The Balaban J connectivity index is 2.15. The monoisotopic (exact) mass is 295 g/mol. The summed E-state index contributed by atoms with van der Waals surface area (Å²) in [6.45, 7) is 12.2. The molecule has 1 saturated carbocycles. The third-order valence-electron chi connectivity index (χ3n) is 4.23. The van der Waals surface area contributed by atoms with Crippen molar-refractivity contribution in [1.29, 1.82) is 0 Å². The van der Waals surface area contributed by atoms with Gasteiger partial charge in [0.1, 0.15) is 0 Å². The molecular weight excluding hydrogens is 266 g/mol. The predicted octanol–water partition coefficient (Wildman–Crippen LogP) is 4.00. The third kappa shape index (κ3) is 3.73. The zero-order valence-electron chi connectivity index (χ0n) is 13.7. The van der Waals surface area contributed by atoms with Crippen molar-refractivity contribution in [1.82, 2.24) is 10.3 Å². The van der Waals surface area contributed by atoms with Crippen molar-refractivity contribution in [2.75, 3.05) is 11.9 Å². The molecular formula is C16H29N3S. The first kappa shape index (κ1) is 15.8. The van der Waals surface area contributed by atoms with E-state index in [1.54, 1.807) is 0 Å². The van der Waals surface area contributed by atoms with Crippen molar-refractivity contribution in [3.63, 3.8) is 0 Å². The topological polar surface area (TPSA) is 28.2 Å². The largest absolute Gasteiger partial charge is 0.348 e. The number of aromatic nitrogens is 1. The van der Waals surface area contributed by atoms with Crippen LogP contribution in [0.3, 0.4) is 0 Å². The molecule has 1 heterocycles. The second-order valence-corrected chi connectivity index (χ2v) is 7.77. The highest BCUT2D eigenvalue weighted by Crippen LogP contribution is 2.44. The lowest BCUT2D eigenvalue weighted by molar-refractivity contribution is 0.505. The van der Waals surface area contributed by atoms with Gasteiger partial charge in [-0.15, -0.1) is 11.3 Å². The molecule has 0 amide bonds. The predicted molar refractivity (Wildman–Crippen MR) is 88.8 cm³/mol. The maximum atomic E-state index is 4.96. The summed E-state index contributed by atoms with van der Waals surface area (Å²) in [7, 11) is 2.18. The van der Waals surface area contributed by atoms with Gasteiger partial charge in [0, 0.05) is 36.5 Å². The lowest BCUT2D eigenvalue weighted by atomic mass is 10.1. The van der Waals surface area contributed by atoms with Gasteiger partial charge in [-0.05, 0) is 25.7 Å². The molecule has 1 N–H and O–H groups in total. The summed E-state index contributed by atoms with van der Waals surface area (Å²) in [5.41, 5.74) is 1.36. The molecule has 1 aromatic rings. The zero-order valence-corrected chi connectivity index (χ0v) is 14.5. The van der Waals surface area contributed by atoms with E-state index in [-0.39, 0.29) is 0 Å². The minimum absolute atomic E-state index is 0.527. The van der Waals surface area contributed by atoms with Crippen LogP contribution in [0.5, 0.6) is 0 Å². The molecule has 3 nitrogen and oxygen atoms in total. The highest BCUT2D eigenvalue weighted by atomic mass is 32.1. The van der Waals surface area contributed by atoms with E-state index in [4.69, 9.17) is 4.98 Å². The van der Waals surface area contributed by atoms with Crippen LogP contribution in [-0.2, 0) is 6.54 Å². The van der Waals surface area contributed by atoms with Crippen molar-refractivity contribution in [3.05, 3.63) is 10.6 Å². The van der Waals surface area contributed by atoms with Gasteiger partial charge in [-0.1, -0.05) is 27.7 Å². The molecule has 1 aromatic heterocycles. The first-order chi connectivity index (χ1) is 9.40. The number of nitrogens with one attached hydrogen (secondary N) is 1. The molecule has 1 fully saturated rings. The van der Waals surface area contributed by atoms with Crippen molar-refractivity contribution in [3.8, 4) is 0 Å². The molecule has 0 bridgehead atoms. The summed E-state index contributed by atoms with van der Waals surface area (Å²) in [6.07, 6.45) is 2.64. The van der Waals surface area contributed by atoms with Crippen LogP contribution < -0.4 is 10.2 Å². The number of anilines is 1. The van der Waals surface area contributed by atoms with E-state index in [1.807, 2.05) is 11.3 Å². The Hall–Kier alpha value is -0.610. The standard InChI is InChI=1S/C16H29N3S/c1-10(2)12(5)19(6)16-18-15(13-7-8-13)14(20-16)9-17-11(3)4/h10-13,17H,7-9H2,1-6H3. The molecule has 0 radical (unpaired) electrons. The van der Waals surface area contributed by atoms with Crippen molar-refractivity contribution < 1.29 is 0 Å². The summed E-state index contributed by atoms with van der Waals surface area (Å²) in [6, 6.07) is 1.05. The first-order valence-electron chi connectivity index (χ1n) is 7.86. The Morgan fingerprint density at radius 1 is 1.25 bits per heavy atom. The average molecular weight is 295 g/mol. The van der Waals surface area contributed by atoms with Gasteiger partial charge < -0.3 is 10.2 Å². The maximum absolute atomic E-state index is 4.96. The Bertz CT molecular complexity index is 435. The van der Waals surface area contributed by atoms with Crippen molar-refractivity contribution in [2.24, 2.45) is 5.92 Å². The molecule has 20 heavy (non-hydrogen) atoms. The van der Waals surface area contributed by atoms with Crippen LogP contribution in [0.4, 0.5) is 5.13 Å². The Morgan fingerprint density at radius 2 is 1.90 bits per heavy atom. The van der Waals surface area contributed by atoms with Gasteiger partial charge in [0.05, 0.1) is 5.69 Å². The SMILES string of the molecule is CC(C)NCc1sc(N(C)C(C)C(C)C)nc1C1CC1. The van der Waals surface area contributed by atoms with Crippen molar-refractivity contribution >= 4 is 16.5 Å². The molecule has 1 aliphatic carbocycles. The van der Waals surface area contributed by atoms with Gasteiger partial charge in [0.25, 0.3) is 0 Å². The summed E-state index contributed by atoms with van der Waals surface area (Å²) in [5, 5.41) is 4.73. The molecule has 1 atom stereocenters. The van der Waals surface area contributed by atoms with Crippen LogP contribution in [0.25, 0.3) is 0 Å². The molecule has 1 aliphatic rings. The molecule has 2 rings (SSSR count). The van der Waals surface area contributed by atoms with E-state index in [1.165, 1.54) is 28.5 Å². The molecule has 4 heteroatoms. The second-order valence-electron chi connectivity index (χ2n) is 6.71. The quantitative estimate of drug-likeness (QED) is 0.824. The molecule has 0 aliphatic heterocycles. The summed E-state index contributed by atoms with van der Waals surface area (Å²) in [5.74, 6) is 1.37. The van der Waals surface area contributed by atoms with E-state index in [2.05, 4.69) is 51.9 Å². The van der Waals surface area contributed by atoms with Gasteiger partial charge >= 0.3 is 0 Å². The highest BCUT2D eigenvalue weighted by molar-refractivity contribution is 7.15. The maximum Gasteiger partial charge on any atom is 0.185 e. The summed E-state index contributed by atoms with van der Waals surface area (Å²) >= 11 is 1.88. The second kappa shape index (κ2) is 6.44. The number of hydrogen-bond donors (Lipinski definition) is 1. The van der Waals surface area contributed by atoms with Gasteiger partial charge in [0.15, 0.2) is 5.13 Å². The summed E-state index contributed by atoms with van der Waals surface area (Å²) in [4.78, 5) is 8.75. The highest BCUT2D eigenvalue weighted by Gasteiger charge is 2.30. The Kier molecular flexibility index (Phi) is 5.08. The van der Waals surface area contributed by atoms with Gasteiger partial charge in [-0.25, -0.2) is 4.98 Å². The fourth-order valence-corrected chi connectivity index (χ4v) is 3.37. The van der Waals surface area contributed by atoms with E-state index in [9.17, 15) is 0 Å². The number of rotatable bonds is 7. The van der Waals surface area contributed by atoms with Crippen LogP contribution in [0.2, 0.25) is 0 Å². The van der Waals surface area contributed by atoms with Crippen LogP contribution in [0.1, 0.15) is 63.9 Å². The number of thiazole rings is 1. The van der Waals surface area contributed by atoms with Crippen LogP contribution in [0.15, 0.2) is 0 Å². The van der Waals surface area contributed by atoms with Crippen LogP contribution >= 0.6 is 11.3 Å². The first-order valence-corrected chi connectivity index (χ1v) is 8.67. The molecule has 0 spiro atoms. The molecule has 114 valence electrons. The van der Waals surface area contributed by atoms with Crippen molar-refractivity contribution in [2.45, 2.75) is 72.0 Å². The van der Waals surface area contributed by atoms with E-state index < -0.39 is 0 Å². The minimum Gasteiger partial charge on any atom is -0.348 e.